The molecule has 0 bridgehead atoms. The Kier molecular flexibility index (Phi) is 10.7. The molecule has 1 saturated heterocycles. The zero-order chi connectivity index (χ0) is 20.2. The topological polar surface area (TPSA) is 39.9 Å². The van der Waals surface area contributed by atoms with Gasteiger partial charge >= 0.3 is 0 Å². The van der Waals surface area contributed by atoms with Crippen molar-refractivity contribution in [3.05, 3.63) is 64.4 Å². The molecule has 0 amide bonds. The predicted molar refractivity (Wildman–Crippen MR) is 115 cm³/mol. The first-order valence-corrected chi connectivity index (χ1v) is 9.99. The first-order chi connectivity index (χ1) is 12.9. The van der Waals surface area contributed by atoms with Gasteiger partial charge in [0.15, 0.2) is 0 Å². The number of pyridine rings is 1. The van der Waals surface area contributed by atoms with E-state index in [1.54, 1.807) is 12.1 Å². The number of nitriles is 1. The van der Waals surface area contributed by atoms with E-state index >= 15 is 0 Å². The fourth-order valence-corrected chi connectivity index (χ4v) is 3.11. The molecule has 0 radical (unpaired) electrons. The van der Waals surface area contributed by atoms with Crippen molar-refractivity contribution < 1.29 is 0 Å². The third-order valence-corrected chi connectivity index (χ3v) is 5.02. The minimum absolute atomic E-state index is 0.530. The number of rotatable bonds is 2. The van der Waals surface area contributed by atoms with Gasteiger partial charge in [0.1, 0.15) is 6.07 Å². The van der Waals surface area contributed by atoms with Gasteiger partial charge in [-0.15, -0.1) is 0 Å². The summed E-state index contributed by atoms with van der Waals surface area (Å²) in [6.45, 7) is 11.3. The highest BCUT2D eigenvalue weighted by atomic mass is 35.5. The number of aryl methyl sites for hydroxylation is 2. The third-order valence-electron chi connectivity index (χ3n) is 4.70. The standard InChI is InChI=1S/C8H6ClN.C8H17N.C7H9N/c1-6-2-3-7(5-10)8(9)4-6;1-7(2)8-4-5-9(3)6-8;1-2-7-5-3-4-6-8-7/h2-4H,1H3;7-8H,4-6H2,1-3H3;3-6H,2H2,1H3. The number of hydrogen-bond acceptors (Lipinski definition) is 3. The van der Waals surface area contributed by atoms with E-state index in [4.69, 9.17) is 16.9 Å². The maximum Gasteiger partial charge on any atom is 0.101 e. The van der Waals surface area contributed by atoms with Crippen molar-refractivity contribution in [1.29, 1.82) is 5.26 Å². The summed E-state index contributed by atoms with van der Waals surface area (Å²) in [5.41, 5.74) is 2.77. The van der Waals surface area contributed by atoms with Crippen molar-refractivity contribution in [1.82, 2.24) is 9.88 Å². The summed E-state index contributed by atoms with van der Waals surface area (Å²) in [6.07, 6.45) is 4.26. The lowest BCUT2D eigenvalue weighted by molar-refractivity contribution is 0.352. The van der Waals surface area contributed by atoms with E-state index in [2.05, 4.69) is 37.7 Å². The SMILES string of the molecule is CC(C)C1CCN(C)C1.CCc1ccccn1.Cc1ccc(C#N)c(Cl)c1. The smallest absolute Gasteiger partial charge is 0.101 e. The van der Waals surface area contributed by atoms with Gasteiger partial charge < -0.3 is 4.90 Å². The highest BCUT2D eigenvalue weighted by Crippen LogP contribution is 2.21. The van der Waals surface area contributed by atoms with Crippen LogP contribution in [0.5, 0.6) is 0 Å². The van der Waals surface area contributed by atoms with Crippen LogP contribution in [-0.2, 0) is 6.42 Å². The molecule has 1 aliphatic rings. The van der Waals surface area contributed by atoms with E-state index in [-0.39, 0.29) is 0 Å². The number of aromatic nitrogens is 1. The summed E-state index contributed by atoms with van der Waals surface area (Å²) in [5, 5.41) is 9.00. The zero-order valence-electron chi connectivity index (χ0n) is 17.2. The van der Waals surface area contributed by atoms with Crippen LogP contribution < -0.4 is 0 Å². The van der Waals surface area contributed by atoms with E-state index in [0.29, 0.717) is 10.6 Å². The van der Waals surface area contributed by atoms with Crippen molar-refractivity contribution in [2.75, 3.05) is 20.1 Å². The number of hydrogen-bond donors (Lipinski definition) is 0. The Morgan fingerprint density at radius 3 is 2.41 bits per heavy atom. The van der Waals surface area contributed by atoms with Crippen molar-refractivity contribution >= 4 is 11.6 Å². The molecule has 3 nitrogen and oxygen atoms in total. The molecule has 2 aromatic rings. The molecule has 0 aliphatic carbocycles. The third kappa shape index (κ3) is 9.04. The molecule has 1 fully saturated rings. The fraction of sp³-hybridized carbons (Fsp3) is 0.478. The molecule has 0 saturated carbocycles. The van der Waals surface area contributed by atoms with Crippen LogP contribution in [0.1, 0.15) is 44.0 Å². The van der Waals surface area contributed by atoms with Crippen LogP contribution in [0.25, 0.3) is 0 Å². The van der Waals surface area contributed by atoms with Crippen molar-refractivity contribution in [3.8, 4) is 6.07 Å². The Morgan fingerprint density at radius 2 is 2.04 bits per heavy atom. The summed E-state index contributed by atoms with van der Waals surface area (Å²) in [7, 11) is 2.21. The minimum Gasteiger partial charge on any atom is -0.306 e. The van der Waals surface area contributed by atoms with E-state index in [1.807, 2.05) is 43.5 Å². The van der Waals surface area contributed by atoms with Gasteiger partial charge in [0.25, 0.3) is 0 Å². The first-order valence-electron chi connectivity index (χ1n) is 9.62. The van der Waals surface area contributed by atoms with Crippen molar-refractivity contribution in [2.45, 2.75) is 40.5 Å². The van der Waals surface area contributed by atoms with Gasteiger partial charge in [0.2, 0.25) is 0 Å². The predicted octanol–water partition coefficient (Wildman–Crippen LogP) is 5.76. The molecule has 146 valence electrons. The van der Waals surface area contributed by atoms with Crippen LogP contribution in [0.3, 0.4) is 0 Å². The van der Waals surface area contributed by atoms with Gasteiger partial charge in [-0.25, -0.2) is 0 Å². The summed E-state index contributed by atoms with van der Waals surface area (Å²) in [6, 6.07) is 13.3. The van der Waals surface area contributed by atoms with Crippen molar-refractivity contribution in [2.24, 2.45) is 11.8 Å². The highest BCUT2D eigenvalue weighted by molar-refractivity contribution is 6.31. The van der Waals surface area contributed by atoms with Crippen LogP contribution in [0.4, 0.5) is 0 Å². The fourth-order valence-electron chi connectivity index (χ4n) is 2.83. The quantitative estimate of drug-likeness (QED) is 0.659. The molecular weight excluding hydrogens is 354 g/mol. The Bertz CT molecular complexity index is 707. The number of likely N-dealkylation sites (tertiary alicyclic amines) is 1. The second-order valence-corrected chi connectivity index (χ2v) is 7.73. The second kappa shape index (κ2) is 12.5. The van der Waals surface area contributed by atoms with E-state index in [0.717, 1.165) is 29.5 Å². The molecule has 1 aliphatic heterocycles. The number of benzene rings is 1. The maximum absolute atomic E-state index is 8.47. The lowest BCUT2D eigenvalue weighted by Gasteiger charge is -2.13. The minimum atomic E-state index is 0.530. The molecule has 0 spiro atoms. The van der Waals surface area contributed by atoms with Crippen LogP contribution in [0, 0.1) is 30.1 Å². The van der Waals surface area contributed by atoms with Crippen molar-refractivity contribution in [3.63, 3.8) is 0 Å². The molecule has 0 N–H and O–H groups in total. The van der Waals surface area contributed by atoms with E-state index < -0.39 is 0 Å². The second-order valence-electron chi connectivity index (χ2n) is 7.32. The molecule has 27 heavy (non-hydrogen) atoms. The van der Waals surface area contributed by atoms with Crippen LogP contribution in [0.2, 0.25) is 5.02 Å². The van der Waals surface area contributed by atoms with Crippen LogP contribution in [0.15, 0.2) is 42.6 Å². The summed E-state index contributed by atoms with van der Waals surface area (Å²) >= 11 is 5.71. The Balaban J connectivity index is 0.000000204. The summed E-state index contributed by atoms with van der Waals surface area (Å²) in [4.78, 5) is 6.52. The molecule has 1 aromatic heterocycles. The van der Waals surface area contributed by atoms with E-state index in [1.165, 1.54) is 19.5 Å². The molecule has 4 heteroatoms. The normalized spacial score (nSPS) is 16.0. The summed E-state index contributed by atoms with van der Waals surface area (Å²) < 4.78 is 0. The molecule has 1 atom stereocenters. The molecular formula is C23H32ClN3. The lowest BCUT2D eigenvalue weighted by atomic mass is 9.95. The monoisotopic (exact) mass is 385 g/mol. The molecule has 2 heterocycles. The Morgan fingerprint density at radius 1 is 1.30 bits per heavy atom. The highest BCUT2D eigenvalue weighted by Gasteiger charge is 2.21. The number of nitrogens with zero attached hydrogens (tertiary/aromatic N) is 3. The van der Waals surface area contributed by atoms with Gasteiger partial charge in [-0.1, -0.05) is 44.5 Å². The lowest BCUT2D eigenvalue weighted by Crippen LogP contribution is -2.16. The van der Waals surface area contributed by atoms with Gasteiger partial charge in [-0.2, -0.15) is 5.26 Å². The molecule has 1 unspecified atom stereocenters. The van der Waals surface area contributed by atoms with Crippen LogP contribution in [-0.4, -0.2) is 30.0 Å². The van der Waals surface area contributed by atoms with Gasteiger partial charge in [-0.05, 0) is 75.0 Å². The van der Waals surface area contributed by atoms with Gasteiger partial charge in [-0.3, -0.25) is 4.98 Å². The Labute approximate surface area is 170 Å². The molecule has 1 aromatic carbocycles. The zero-order valence-corrected chi connectivity index (χ0v) is 18.0. The number of halogens is 1. The molecule has 3 rings (SSSR count). The van der Waals surface area contributed by atoms with Crippen LogP contribution >= 0.6 is 11.6 Å². The van der Waals surface area contributed by atoms with Gasteiger partial charge in [0, 0.05) is 18.4 Å². The average molecular weight is 386 g/mol. The first kappa shape index (κ1) is 23.1. The van der Waals surface area contributed by atoms with Gasteiger partial charge in [0.05, 0.1) is 10.6 Å². The van der Waals surface area contributed by atoms with E-state index in [9.17, 15) is 0 Å². The Hall–Kier alpha value is -1.89. The average Bonchev–Trinajstić information content (AvgIpc) is 3.10. The summed E-state index contributed by atoms with van der Waals surface area (Å²) in [5.74, 6) is 1.85. The maximum atomic E-state index is 8.47. The largest absolute Gasteiger partial charge is 0.306 e.